The van der Waals surface area contributed by atoms with Gasteiger partial charge in [0.15, 0.2) is 0 Å². The number of ketones is 1. The summed E-state index contributed by atoms with van der Waals surface area (Å²) in [4.78, 5) is 44.2. The molecule has 0 bridgehead atoms. The second-order valence-electron chi connectivity index (χ2n) is 5.47. The van der Waals surface area contributed by atoms with Gasteiger partial charge < -0.3 is 15.6 Å². The third-order valence-electron chi connectivity index (χ3n) is 3.69. The van der Waals surface area contributed by atoms with Gasteiger partial charge in [-0.05, 0) is 24.3 Å². The van der Waals surface area contributed by atoms with Crippen molar-refractivity contribution in [1.82, 2.24) is 24.4 Å². The van der Waals surface area contributed by atoms with Crippen molar-refractivity contribution >= 4 is 17.6 Å². The number of imidazole rings is 1. The first kappa shape index (κ1) is 17.1. The third kappa shape index (κ3) is 3.66. The molecule has 0 aliphatic carbocycles. The van der Waals surface area contributed by atoms with Crippen LogP contribution >= 0.6 is 0 Å². The summed E-state index contributed by atoms with van der Waals surface area (Å²) in [5.74, 6) is -2.06. The van der Waals surface area contributed by atoms with Gasteiger partial charge in [0.25, 0.3) is 11.8 Å². The van der Waals surface area contributed by atoms with E-state index < -0.39 is 23.6 Å². The molecule has 3 heterocycles. The van der Waals surface area contributed by atoms with Crippen molar-refractivity contribution in [2.75, 3.05) is 0 Å². The summed E-state index contributed by atoms with van der Waals surface area (Å²) in [5.41, 5.74) is 5.28. The first-order chi connectivity index (χ1) is 12.6. The van der Waals surface area contributed by atoms with E-state index in [0.29, 0.717) is 5.82 Å². The Labute approximate surface area is 148 Å². The van der Waals surface area contributed by atoms with E-state index in [1.807, 2.05) is 0 Å². The van der Waals surface area contributed by atoms with Gasteiger partial charge in [-0.25, -0.2) is 9.97 Å². The number of Topliss-reactive ketones (excluding diaryl/α,β-unsaturated/α-hetero) is 1. The Morgan fingerprint density at radius 3 is 2.58 bits per heavy atom. The minimum absolute atomic E-state index is 0.0816. The standard InChI is InChI=1S/C17H16N6O3/c18-16(25)15(24)12(10-22-7-3-4-8-22)21-17(26)13-9-19-11-23(13)14-5-1-2-6-20-14/h1-9,11-12H,10H2,(H2,18,25)(H,21,26). The lowest BCUT2D eigenvalue weighted by atomic mass is 10.1. The van der Waals surface area contributed by atoms with Gasteiger partial charge >= 0.3 is 0 Å². The summed E-state index contributed by atoms with van der Waals surface area (Å²) in [6, 6.07) is 7.67. The number of nitrogens with one attached hydrogen (secondary N) is 1. The fraction of sp³-hybridized carbons (Fsp3) is 0.118. The fourth-order valence-electron chi connectivity index (χ4n) is 2.44. The van der Waals surface area contributed by atoms with Crippen LogP contribution in [0, 0.1) is 0 Å². The van der Waals surface area contributed by atoms with Gasteiger partial charge in [0.1, 0.15) is 23.9 Å². The Morgan fingerprint density at radius 2 is 1.92 bits per heavy atom. The monoisotopic (exact) mass is 352 g/mol. The summed E-state index contributed by atoms with van der Waals surface area (Å²) in [5, 5.41) is 2.55. The normalized spacial score (nSPS) is 11.7. The van der Waals surface area contributed by atoms with Crippen LogP contribution in [-0.2, 0) is 16.1 Å². The molecule has 0 spiro atoms. The van der Waals surface area contributed by atoms with E-state index in [1.54, 1.807) is 53.5 Å². The molecule has 132 valence electrons. The second-order valence-corrected chi connectivity index (χ2v) is 5.47. The van der Waals surface area contributed by atoms with Gasteiger partial charge in [0.05, 0.1) is 6.20 Å². The van der Waals surface area contributed by atoms with Crippen molar-refractivity contribution in [3.63, 3.8) is 0 Å². The van der Waals surface area contributed by atoms with E-state index in [2.05, 4.69) is 15.3 Å². The van der Waals surface area contributed by atoms with E-state index in [1.165, 1.54) is 17.1 Å². The molecule has 0 saturated heterocycles. The summed E-state index contributed by atoms with van der Waals surface area (Å²) < 4.78 is 3.15. The first-order valence-electron chi connectivity index (χ1n) is 7.75. The highest BCUT2D eigenvalue weighted by atomic mass is 16.2. The highest BCUT2D eigenvalue weighted by Crippen LogP contribution is 2.09. The molecular weight excluding hydrogens is 336 g/mol. The van der Waals surface area contributed by atoms with Gasteiger partial charge in [0, 0.05) is 25.1 Å². The predicted molar refractivity (Wildman–Crippen MR) is 91.2 cm³/mol. The van der Waals surface area contributed by atoms with Gasteiger partial charge in [-0.2, -0.15) is 0 Å². The van der Waals surface area contributed by atoms with Crippen LogP contribution < -0.4 is 11.1 Å². The summed E-state index contributed by atoms with van der Waals surface area (Å²) in [6.07, 6.45) is 7.80. The molecule has 2 amide bonds. The van der Waals surface area contributed by atoms with Crippen molar-refractivity contribution in [1.29, 1.82) is 0 Å². The number of amides is 2. The Kier molecular flexibility index (Phi) is 4.88. The number of rotatable bonds is 7. The number of carbonyl (C=O) groups is 3. The fourth-order valence-corrected chi connectivity index (χ4v) is 2.44. The Morgan fingerprint density at radius 1 is 1.15 bits per heavy atom. The molecule has 1 atom stereocenters. The van der Waals surface area contributed by atoms with E-state index >= 15 is 0 Å². The van der Waals surface area contributed by atoms with Crippen LogP contribution in [0.4, 0.5) is 0 Å². The number of hydrogen-bond acceptors (Lipinski definition) is 5. The number of carbonyl (C=O) groups excluding carboxylic acids is 3. The molecule has 0 saturated carbocycles. The largest absolute Gasteiger partial charge is 0.363 e. The van der Waals surface area contributed by atoms with Crippen LogP contribution in [0.25, 0.3) is 5.82 Å². The highest BCUT2D eigenvalue weighted by molar-refractivity contribution is 6.37. The molecule has 3 N–H and O–H groups in total. The second kappa shape index (κ2) is 7.43. The van der Waals surface area contributed by atoms with Crippen molar-refractivity contribution in [2.24, 2.45) is 5.73 Å². The SMILES string of the molecule is NC(=O)C(=O)C(Cn1cccc1)NC(=O)c1cncn1-c1ccccn1. The van der Waals surface area contributed by atoms with Gasteiger partial charge in [0.2, 0.25) is 5.78 Å². The van der Waals surface area contributed by atoms with E-state index in [4.69, 9.17) is 5.73 Å². The third-order valence-corrected chi connectivity index (χ3v) is 3.69. The number of nitrogens with two attached hydrogens (primary N) is 1. The summed E-state index contributed by atoms with van der Waals surface area (Å²) in [6.45, 7) is 0.0816. The number of hydrogen-bond donors (Lipinski definition) is 2. The highest BCUT2D eigenvalue weighted by Gasteiger charge is 2.27. The van der Waals surface area contributed by atoms with Crippen molar-refractivity contribution in [2.45, 2.75) is 12.6 Å². The van der Waals surface area contributed by atoms with Crippen molar-refractivity contribution < 1.29 is 14.4 Å². The number of primary amides is 1. The van der Waals surface area contributed by atoms with Gasteiger partial charge in [-0.3, -0.25) is 19.0 Å². The van der Waals surface area contributed by atoms with Gasteiger partial charge in [-0.1, -0.05) is 6.07 Å². The van der Waals surface area contributed by atoms with E-state index in [0.717, 1.165) is 0 Å². The Bertz CT molecular complexity index is 917. The van der Waals surface area contributed by atoms with Crippen LogP contribution in [0.1, 0.15) is 10.5 Å². The Balaban J connectivity index is 1.83. The molecule has 0 aliphatic heterocycles. The molecule has 3 rings (SSSR count). The van der Waals surface area contributed by atoms with Crippen molar-refractivity contribution in [3.05, 3.63) is 67.1 Å². The minimum Gasteiger partial charge on any atom is -0.363 e. The van der Waals surface area contributed by atoms with Crippen LogP contribution in [0.3, 0.4) is 0 Å². The van der Waals surface area contributed by atoms with Crippen LogP contribution in [0.15, 0.2) is 61.4 Å². The molecule has 26 heavy (non-hydrogen) atoms. The zero-order chi connectivity index (χ0) is 18.5. The average molecular weight is 352 g/mol. The molecule has 0 radical (unpaired) electrons. The predicted octanol–water partition coefficient (Wildman–Crippen LogP) is -0.0782. The number of nitrogens with zero attached hydrogens (tertiary/aromatic N) is 4. The lowest BCUT2D eigenvalue weighted by Crippen LogP contribution is -2.48. The topological polar surface area (TPSA) is 125 Å². The lowest BCUT2D eigenvalue weighted by Gasteiger charge is -2.17. The average Bonchev–Trinajstić information content (AvgIpc) is 3.32. The van der Waals surface area contributed by atoms with Crippen LogP contribution in [0.5, 0.6) is 0 Å². The summed E-state index contributed by atoms with van der Waals surface area (Å²) in [7, 11) is 0. The Hall–Kier alpha value is -3.75. The van der Waals surface area contributed by atoms with E-state index in [9.17, 15) is 14.4 Å². The van der Waals surface area contributed by atoms with Crippen LogP contribution in [0.2, 0.25) is 0 Å². The zero-order valence-electron chi connectivity index (χ0n) is 13.6. The van der Waals surface area contributed by atoms with Gasteiger partial charge in [-0.15, -0.1) is 0 Å². The zero-order valence-corrected chi connectivity index (χ0v) is 13.6. The smallest absolute Gasteiger partial charge is 0.287 e. The summed E-state index contributed by atoms with van der Waals surface area (Å²) >= 11 is 0. The number of pyridine rings is 1. The molecule has 9 heteroatoms. The molecule has 0 aliphatic rings. The number of aromatic nitrogens is 4. The molecule has 3 aromatic rings. The first-order valence-corrected chi connectivity index (χ1v) is 7.75. The molecule has 1 unspecified atom stereocenters. The maximum atomic E-state index is 12.7. The van der Waals surface area contributed by atoms with E-state index in [-0.39, 0.29) is 12.2 Å². The maximum absolute atomic E-state index is 12.7. The van der Waals surface area contributed by atoms with Crippen LogP contribution in [-0.4, -0.2) is 42.7 Å². The quantitative estimate of drug-likeness (QED) is 0.576. The lowest BCUT2D eigenvalue weighted by molar-refractivity contribution is -0.137. The molecule has 9 nitrogen and oxygen atoms in total. The molecule has 3 aromatic heterocycles. The molecule has 0 fully saturated rings. The van der Waals surface area contributed by atoms with Crippen molar-refractivity contribution in [3.8, 4) is 5.82 Å². The minimum atomic E-state index is -1.11. The molecular formula is C17H16N6O3. The maximum Gasteiger partial charge on any atom is 0.287 e. The molecule has 0 aromatic carbocycles.